The van der Waals surface area contributed by atoms with E-state index in [4.69, 9.17) is 4.74 Å². The standard InChI is InChI=1S/C38H26N4O12/c43-19-54-31-18-29(38(52)53)28(34(46)41-22-13-9-20(10-14-22)39-32(44)24-5-1-3-7-26(24)36(48)49)17-30(31)35(47)42-23-15-11-21(12-16-23)40-33(45)25-6-2-4-8-27(25)37(50)51/h1-19H,(H,39,44)(H,40,45)(H,41,46)(H,42,47)(H,48,49)(H,50,51)(H,52,53). The fourth-order valence-corrected chi connectivity index (χ4v) is 5.07. The molecule has 0 aliphatic rings. The van der Waals surface area contributed by atoms with E-state index < -0.39 is 58.4 Å². The molecule has 5 aromatic carbocycles. The van der Waals surface area contributed by atoms with Crippen molar-refractivity contribution < 1.29 is 58.4 Å². The number of ether oxygens (including phenoxy) is 1. The molecule has 0 spiro atoms. The molecule has 0 aliphatic carbocycles. The van der Waals surface area contributed by atoms with Gasteiger partial charge in [0.05, 0.1) is 38.9 Å². The van der Waals surface area contributed by atoms with E-state index >= 15 is 0 Å². The Morgan fingerprint density at radius 2 is 0.722 bits per heavy atom. The summed E-state index contributed by atoms with van der Waals surface area (Å²) in [7, 11) is 0. The molecule has 54 heavy (non-hydrogen) atoms. The summed E-state index contributed by atoms with van der Waals surface area (Å²) in [6, 6.07) is 24.2. The molecule has 16 nitrogen and oxygen atoms in total. The lowest BCUT2D eigenvalue weighted by Gasteiger charge is -2.14. The van der Waals surface area contributed by atoms with Crippen LogP contribution in [0.3, 0.4) is 0 Å². The van der Waals surface area contributed by atoms with Gasteiger partial charge in [0, 0.05) is 22.7 Å². The highest BCUT2D eigenvalue weighted by molar-refractivity contribution is 6.15. The predicted octanol–water partition coefficient (Wildman–Crippen LogP) is 5.33. The number of carboxylic acids is 3. The number of amides is 4. The molecular weight excluding hydrogens is 704 g/mol. The number of hydrogen-bond donors (Lipinski definition) is 7. The Kier molecular flexibility index (Phi) is 11.2. The van der Waals surface area contributed by atoms with Crippen LogP contribution in [0.4, 0.5) is 22.7 Å². The third-order valence-electron chi connectivity index (χ3n) is 7.62. The Morgan fingerprint density at radius 1 is 0.407 bits per heavy atom. The van der Waals surface area contributed by atoms with E-state index in [1.165, 1.54) is 97.1 Å². The normalized spacial score (nSPS) is 10.3. The number of nitrogens with one attached hydrogen (secondary N) is 4. The first kappa shape index (κ1) is 37.1. The van der Waals surface area contributed by atoms with Crippen LogP contribution in [0.25, 0.3) is 0 Å². The Bertz CT molecular complexity index is 2340. The summed E-state index contributed by atoms with van der Waals surface area (Å²) in [6.45, 7) is -0.0297. The number of carboxylic acid groups (broad SMARTS) is 3. The molecule has 0 aliphatic heterocycles. The SMILES string of the molecule is O=COc1cc(C(=O)O)c(C(=O)Nc2ccc(NC(=O)c3ccccc3C(=O)O)cc2)cc1C(=O)Nc1ccc(NC(=O)c2ccccc2C(=O)O)cc1. The number of rotatable bonds is 13. The molecule has 5 rings (SSSR count). The number of carbonyl (C=O) groups is 8. The van der Waals surface area contributed by atoms with Crippen molar-refractivity contribution in [3.05, 3.63) is 148 Å². The van der Waals surface area contributed by atoms with Crippen molar-refractivity contribution >= 4 is 70.8 Å². The van der Waals surface area contributed by atoms with Crippen molar-refractivity contribution in [3.63, 3.8) is 0 Å². The van der Waals surface area contributed by atoms with Gasteiger partial charge >= 0.3 is 17.9 Å². The fourth-order valence-electron chi connectivity index (χ4n) is 5.07. The summed E-state index contributed by atoms with van der Waals surface area (Å²) >= 11 is 0. The number of hydrogen-bond acceptors (Lipinski definition) is 9. The zero-order valence-electron chi connectivity index (χ0n) is 27.5. The van der Waals surface area contributed by atoms with Gasteiger partial charge in [0.15, 0.2) is 0 Å². The minimum absolute atomic E-state index is 0.0297. The minimum Gasteiger partial charge on any atom is -0.478 e. The van der Waals surface area contributed by atoms with Crippen LogP contribution < -0.4 is 26.0 Å². The molecule has 0 radical (unpaired) electrons. The number of benzene rings is 5. The Labute approximate surface area is 304 Å². The average Bonchev–Trinajstić information content (AvgIpc) is 3.16. The molecular formula is C38H26N4O12. The summed E-state index contributed by atoms with van der Waals surface area (Å²) in [5.41, 5.74) is -1.19. The highest BCUT2D eigenvalue weighted by Crippen LogP contribution is 2.27. The molecule has 0 fully saturated rings. The molecule has 0 heterocycles. The minimum atomic E-state index is -1.58. The van der Waals surface area contributed by atoms with E-state index in [9.17, 15) is 53.7 Å². The van der Waals surface area contributed by atoms with Gasteiger partial charge in [0.25, 0.3) is 30.1 Å². The van der Waals surface area contributed by atoms with Crippen molar-refractivity contribution in [2.45, 2.75) is 0 Å². The van der Waals surface area contributed by atoms with Crippen LogP contribution in [0.1, 0.15) is 72.5 Å². The molecule has 4 amide bonds. The van der Waals surface area contributed by atoms with Crippen molar-refractivity contribution in [3.8, 4) is 5.75 Å². The van der Waals surface area contributed by atoms with Crippen LogP contribution in [0, 0.1) is 0 Å². The van der Waals surface area contributed by atoms with Gasteiger partial charge in [-0.2, -0.15) is 0 Å². The van der Waals surface area contributed by atoms with E-state index in [1.807, 2.05) is 0 Å². The van der Waals surface area contributed by atoms with Gasteiger partial charge in [-0.3, -0.25) is 24.0 Å². The van der Waals surface area contributed by atoms with Crippen molar-refractivity contribution in [2.75, 3.05) is 21.3 Å². The monoisotopic (exact) mass is 730 g/mol. The summed E-state index contributed by atoms with van der Waals surface area (Å²) in [6.07, 6.45) is 0. The van der Waals surface area contributed by atoms with Gasteiger partial charge in [0.2, 0.25) is 0 Å². The third-order valence-corrected chi connectivity index (χ3v) is 7.62. The molecule has 7 N–H and O–H groups in total. The summed E-state index contributed by atoms with van der Waals surface area (Å²) < 4.78 is 4.88. The zero-order valence-corrected chi connectivity index (χ0v) is 27.5. The van der Waals surface area contributed by atoms with Crippen LogP contribution in [0.15, 0.2) is 109 Å². The van der Waals surface area contributed by atoms with Crippen LogP contribution in [-0.2, 0) is 4.79 Å². The molecule has 0 aromatic heterocycles. The third kappa shape index (κ3) is 8.59. The second kappa shape index (κ2) is 16.3. The lowest BCUT2D eigenvalue weighted by Crippen LogP contribution is -2.20. The predicted molar refractivity (Wildman–Crippen MR) is 192 cm³/mol. The quantitative estimate of drug-likeness (QED) is 0.0760. The first-order chi connectivity index (χ1) is 25.9. The van der Waals surface area contributed by atoms with Gasteiger partial charge in [-0.1, -0.05) is 24.3 Å². The van der Waals surface area contributed by atoms with Crippen molar-refractivity contribution in [2.24, 2.45) is 0 Å². The highest BCUT2D eigenvalue weighted by Gasteiger charge is 2.25. The van der Waals surface area contributed by atoms with E-state index in [0.717, 1.165) is 12.1 Å². The number of carbonyl (C=O) groups excluding carboxylic acids is 5. The van der Waals surface area contributed by atoms with Crippen molar-refractivity contribution in [1.29, 1.82) is 0 Å². The Hall–Kier alpha value is -8.14. The van der Waals surface area contributed by atoms with Gasteiger partial charge in [-0.25, -0.2) is 14.4 Å². The maximum atomic E-state index is 13.4. The second-order valence-electron chi connectivity index (χ2n) is 11.1. The molecule has 0 unspecified atom stereocenters. The first-order valence-electron chi connectivity index (χ1n) is 15.5. The van der Waals surface area contributed by atoms with E-state index in [2.05, 4.69) is 21.3 Å². The van der Waals surface area contributed by atoms with Gasteiger partial charge < -0.3 is 41.3 Å². The van der Waals surface area contributed by atoms with E-state index in [0.29, 0.717) is 0 Å². The van der Waals surface area contributed by atoms with Crippen LogP contribution >= 0.6 is 0 Å². The van der Waals surface area contributed by atoms with Crippen LogP contribution in [0.5, 0.6) is 5.75 Å². The fraction of sp³-hybridized carbons (Fsp3) is 0. The number of aromatic carboxylic acids is 3. The lowest BCUT2D eigenvalue weighted by atomic mass is 10.0. The van der Waals surface area contributed by atoms with Crippen molar-refractivity contribution in [1.82, 2.24) is 0 Å². The summed E-state index contributed by atoms with van der Waals surface area (Å²) in [5.74, 6) is -7.87. The Morgan fingerprint density at radius 3 is 1.06 bits per heavy atom. The van der Waals surface area contributed by atoms with Gasteiger partial charge in [-0.15, -0.1) is 0 Å². The zero-order chi connectivity index (χ0) is 38.9. The summed E-state index contributed by atoms with van der Waals surface area (Å²) in [4.78, 5) is 98.5. The van der Waals surface area contributed by atoms with Gasteiger partial charge in [0.1, 0.15) is 5.75 Å². The van der Waals surface area contributed by atoms with Crippen LogP contribution in [-0.4, -0.2) is 63.3 Å². The largest absolute Gasteiger partial charge is 0.478 e. The molecule has 0 saturated carbocycles. The maximum absolute atomic E-state index is 13.4. The molecule has 16 heteroatoms. The summed E-state index contributed by atoms with van der Waals surface area (Å²) in [5, 5.41) is 38.7. The smallest absolute Gasteiger partial charge is 0.336 e. The second-order valence-corrected chi connectivity index (χ2v) is 11.1. The lowest BCUT2D eigenvalue weighted by molar-refractivity contribution is -0.120. The maximum Gasteiger partial charge on any atom is 0.336 e. The molecule has 0 atom stereocenters. The molecule has 0 saturated heterocycles. The molecule has 270 valence electrons. The highest BCUT2D eigenvalue weighted by atomic mass is 16.5. The van der Waals surface area contributed by atoms with Crippen LogP contribution in [0.2, 0.25) is 0 Å². The Balaban J connectivity index is 1.32. The number of anilines is 4. The first-order valence-corrected chi connectivity index (χ1v) is 15.5. The van der Waals surface area contributed by atoms with E-state index in [1.54, 1.807) is 0 Å². The van der Waals surface area contributed by atoms with Gasteiger partial charge in [-0.05, 0) is 84.9 Å². The molecule has 0 bridgehead atoms. The average molecular weight is 731 g/mol. The van der Waals surface area contributed by atoms with E-state index in [-0.39, 0.29) is 57.0 Å². The molecule has 5 aromatic rings. The topological polar surface area (TPSA) is 255 Å².